The predicted molar refractivity (Wildman–Crippen MR) is 105 cm³/mol. The molecule has 1 heterocycles. The predicted octanol–water partition coefficient (Wildman–Crippen LogP) is 4.68. The van der Waals surface area contributed by atoms with Crippen molar-refractivity contribution in [1.29, 1.82) is 0 Å². The van der Waals surface area contributed by atoms with Crippen LogP contribution in [-0.4, -0.2) is 19.6 Å². The molecular formula is C21H21NO3S. The number of nitrogens with zero attached hydrogens (tertiary/aromatic N) is 1. The van der Waals surface area contributed by atoms with Crippen molar-refractivity contribution in [2.75, 3.05) is 18.6 Å². The number of methoxy groups -OCH3 is 1. The summed E-state index contributed by atoms with van der Waals surface area (Å²) in [5.74, 6) is 1.36. The summed E-state index contributed by atoms with van der Waals surface area (Å²) in [6.07, 6.45) is 0. The first-order chi connectivity index (χ1) is 12.7. The van der Waals surface area contributed by atoms with Crippen LogP contribution < -0.4 is 14.4 Å². The summed E-state index contributed by atoms with van der Waals surface area (Å²) < 4.78 is 10.9. The summed E-state index contributed by atoms with van der Waals surface area (Å²) >= 11 is 1.63. The van der Waals surface area contributed by atoms with Gasteiger partial charge < -0.3 is 14.4 Å². The largest absolute Gasteiger partial charge is 0.497 e. The normalized spacial score (nSPS) is 10.4. The number of hydrogen-bond donors (Lipinski definition) is 0. The van der Waals surface area contributed by atoms with Crippen LogP contribution in [0.4, 0.5) is 5.69 Å². The Labute approximate surface area is 157 Å². The van der Waals surface area contributed by atoms with Crippen molar-refractivity contribution in [3.05, 3.63) is 76.5 Å². The van der Waals surface area contributed by atoms with Gasteiger partial charge in [-0.3, -0.25) is 4.79 Å². The molecule has 0 fully saturated rings. The summed E-state index contributed by atoms with van der Waals surface area (Å²) in [4.78, 5) is 15.7. The molecular weight excluding hydrogens is 346 g/mol. The van der Waals surface area contributed by atoms with Gasteiger partial charge in [-0.15, -0.1) is 11.3 Å². The lowest BCUT2D eigenvalue weighted by molar-refractivity contribution is -0.120. The van der Waals surface area contributed by atoms with E-state index >= 15 is 0 Å². The van der Waals surface area contributed by atoms with Crippen LogP contribution in [-0.2, 0) is 11.3 Å². The number of aryl methyl sites for hydroxylation is 1. The lowest BCUT2D eigenvalue weighted by atomic mass is 10.2. The van der Waals surface area contributed by atoms with Crippen LogP contribution in [0.5, 0.6) is 11.5 Å². The van der Waals surface area contributed by atoms with Gasteiger partial charge >= 0.3 is 0 Å². The number of thiophene rings is 1. The monoisotopic (exact) mass is 367 g/mol. The maximum Gasteiger partial charge on any atom is 0.265 e. The van der Waals surface area contributed by atoms with Gasteiger partial charge in [0.25, 0.3) is 5.91 Å². The Morgan fingerprint density at radius 2 is 1.85 bits per heavy atom. The average Bonchev–Trinajstić information content (AvgIpc) is 3.18. The van der Waals surface area contributed by atoms with Crippen LogP contribution in [0.25, 0.3) is 0 Å². The topological polar surface area (TPSA) is 38.8 Å². The number of ether oxygens (including phenoxy) is 2. The van der Waals surface area contributed by atoms with E-state index in [4.69, 9.17) is 9.47 Å². The van der Waals surface area contributed by atoms with E-state index in [1.807, 2.05) is 73.0 Å². The highest BCUT2D eigenvalue weighted by Crippen LogP contribution is 2.23. The van der Waals surface area contributed by atoms with Crippen LogP contribution in [0, 0.1) is 6.92 Å². The fourth-order valence-corrected chi connectivity index (χ4v) is 3.26. The van der Waals surface area contributed by atoms with Crippen molar-refractivity contribution in [1.82, 2.24) is 0 Å². The van der Waals surface area contributed by atoms with E-state index in [0.29, 0.717) is 12.3 Å². The summed E-state index contributed by atoms with van der Waals surface area (Å²) in [6.45, 7) is 2.50. The van der Waals surface area contributed by atoms with Crippen molar-refractivity contribution in [2.24, 2.45) is 0 Å². The maximum atomic E-state index is 12.9. The molecule has 1 amide bonds. The Morgan fingerprint density at radius 1 is 1.04 bits per heavy atom. The highest BCUT2D eigenvalue weighted by atomic mass is 32.1. The van der Waals surface area contributed by atoms with Gasteiger partial charge in [-0.2, -0.15) is 0 Å². The van der Waals surface area contributed by atoms with E-state index in [1.54, 1.807) is 23.3 Å². The van der Waals surface area contributed by atoms with Crippen LogP contribution in [0.2, 0.25) is 0 Å². The van der Waals surface area contributed by atoms with Crippen molar-refractivity contribution in [3.63, 3.8) is 0 Å². The fourth-order valence-electron chi connectivity index (χ4n) is 2.57. The molecule has 0 saturated heterocycles. The van der Waals surface area contributed by atoms with Crippen molar-refractivity contribution < 1.29 is 14.3 Å². The van der Waals surface area contributed by atoms with Crippen LogP contribution >= 0.6 is 11.3 Å². The van der Waals surface area contributed by atoms with Gasteiger partial charge in [0.1, 0.15) is 11.5 Å². The molecule has 0 aliphatic rings. The molecule has 3 rings (SSSR count). The standard InChI is InChI=1S/C21H21NO3S/c1-16-5-3-6-19(13-16)25-15-21(23)22(14-20-7-4-12-26-20)17-8-10-18(24-2)11-9-17/h3-13H,14-15H2,1-2H3. The summed E-state index contributed by atoms with van der Waals surface area (Å²) in [5.41, 5.74) is 1.91. The van der Waals surface area contributed by atoms with E-state index in [0.717, 1.165) is 21.9 Å². The molecule has 0 aliphatic carbocycles. The molecule has 0 N–H and O–H groups in total. The first-order valence-electron chi connectivity index (χ1n) is 8.32. The maximum absolute atomic E-state index is 12.9. The van der Waals surface area contributed by atoms with Crippen molar-refractivity contribution in [3.8, 4) is 11.5 Å². The Balaban J connectivity index is 1.76. The smallest absolute Gasteiger partial charge is 0.265 e. The van der Waals surface area contributed by atoms with Gasteiger partial charge in [-0.25, -0.2) is 0 Å². The summed E-state index contributed by atoms with van der Waals surface area (Å²) in [5, 5.41) is 2.01. The molecule has 5 heteroatoms. The second-order valence-electron chi connectivity index (χ2n) is 5.86. The highest BCUT2D eigenvalue weighted by Gasteiger charge is 2.18. The minimum atomic E-state index is -0.0925. The van der Waals surface area contributed by atoms with Crippen LogP contribution in [0.3, 0.4) is 0 Å². The average molecular weight is 367 g/mol. The number of anilines is 1. The Hall–Kier alpha value is -2.79. The third-order valence-electron chi connectivity index (χ3n) is 3.93. The fraction of sp³-hybridized carbons (Fsp3) is 0.190. The Kier molecular flexibility index (Phi) is 5.92. The Bertz CT molecular complexity index is 844. The number of benzene rings is 2. The first-order valence-corrected chi connectivity index (χ1v) is 9.20. The van der Waals surface area contributed by atoms with Crippen molar-refractivity contribution in [2.45, 2.75) is 13.5 Å². The number of hydrogen-bond acceptors (Lipinski definition) is 4. The third kappa shape index (κ3) is 4.64. The van der Waals surface area contributed by atoms with Gasteiger partial charge in [0.05, 0.1) is 13.7 Å². The molecule has 0 spiro atoms. The number of carbonyl (C=O) groups excluding carboxylic acids is 1. The summed E-state index contributed by atoms with van der Waals surface area (Å²) in [7, 11) is 1.62. The Morgan fingerprint density at radius 3 is 2.50 bits per heavy atom. The van der Waals surface area contributed by atoms with Gasteiger partial charge in [0.2, 0.25) is 0 Å². The van der Waals surface area contributed by atoms with Gasteiger partial charge in [0.15, 0.2) is 6.61 Å². The zero-order valence-electron chi connectivity index (χ0n) is 14.8. The van der Waals surface area contributed by atoms with E-state index < -0.39 is 0 Å². The molecule has 4 nitrogen and oxygen atoms in total. The van der Waals surface area contributed by atoms with E-state index in [9.17, 15) is 4.79 Å². The molecule has 3 aromatic rings. The van der Waals surface area contributed by atoms with Crippen LogP contribution in [0.1, 0.15) is 10.4 Å². The highest BCUT2D eigenvalue weighted by molar-refractivity contribution is 7.09. The van der Waals surface area contributed by atoms with Gasteiger partial charge in [-0.05, 0) is 60.3 Å². The van der Waals surface area contributed by atoms with E-state index in [1.165, 1.54) is 0 Å². The number of rotatable bonds is 7. The van der Waals surface area contributed by atoms with Gasteiger partial charge in [0, 0.05) is 10.6 Å². The number of carbonyl (C=O) groups is 1. The quantitative estimate of drug-likeness (QED) is 0.609. The zero-order chi connectivity index (χ0) is 18.4. The lowest BCUT2D eigenvalue weighted by Gasteiger charge is -2.22. The van der Waals surface area contributed by atoms with Crippen LogP contribution in [0.15, 0.2) is 66.0 Å². The summed E-state index contributed by atoms with van der Waals surface area (Å²) in [6, 6.07) is 19.2. The molecule has 26 heavy (non-hydrogen) atoms. The molecule has 0 unspecified atom stereocenters. The lowest BCUT2D eigenvalue weighted by Crippen LogP contribution is -2.34. The zero-order valence-corrected chi connectivity index (χ0v) is 15.7. The molecule has 0 saturated carbocycles. The minimum Gasteiger partial charge on any atom is -0.497 e. The number of amides is 1. The second kappa shape index (κ2) is 8.54. The molecule has 0 aliphatic heterocycles. The van der Waals surface area contributed by atoms with E-state index in [-0.39, 0.29) is 12.5 Å². The van der Waals surface area contributed by atoms with E-state index in [2.05, 4.69) is 0 Å². The molecule has 0 radical (unpaired) electrons. The molecule has 2 aromatic carbocycles. The SMILES string of the molecule is COc1ccc(N(Cc2cccs2)C(=O)COc2cccc(C)c2)cc1. The minimum absolute atomic E-state index is 0.0130. The molecule has 0 atom stereocenters. The van der Waals surface area contributed by atoms with Crippen molar-refractivity contribution >= 4 is 22.9 Å². The third-order valence-corrected chi connectivity index (χ3v) is 4.79. The molecule has 0 bridgehead atoms. The first kappa shape index (κ1) is 18.0. The molecule has 1 aromatic heterocycles. The van der Waals surface area contributed by atoms with Gasteiger partial charge in [-0.1, -0.05) is 18.2 Å². The second-order valence-corrected chi connectivity index (χ2v) is 6.89. The molecule has 134 valence electrons.